The minimum absolute atomic E-state index is 0.539. The Morgan fingerprint density at radius 2 is 1.52 bits per heavy atom. The summed E-state index contributed by atoms with van der Waals surface area (Å²) in [6.45, 7) is 0.656. The number of nitrogens with one attached hydrogen (secondary N) is 1. The van der Waals surface area contributed by atoms with E-state index in [0.717, 1.165) is 17.7 Å². The Morgan fingerprint density at radius 3 is 1.91 bits per heavy atom. The van der Waals surface area contributed by atoms with Crippen molar-refractivity contribution in [3.63, 3.8) is 0 Å². The average Bonchev–Trinajstić information content (AvgIpc) is 2.98. The Hall–Kier alpha value is -2.09. The van der Waals surface area contributed by atoms with Crippen LogP contribution in [0, 0.1) is 0 Å². The zero-order valence-corrected chi connectivity index (χ0v) is 12.3. The molecule has 1 fully saturated rings. The fourth-order valence-corrected chi connectivity index (χ4v) is 2.20. The minimum Gasteiger partial charge on any atom is -0.473 e. The molecule has 0 unspecified atom stereocenters. The quantitative estimate of drug-likeness (QED) is 0.741. The molecule has 0 saturated heterocycles. The fourth-order valence-electron chi connectivity index (χ4n) is 2.20. The van der Waals surface area contributed by atoms with Crippen LogP contribution in [0.3, 0.4) is 0 Å². The summed E-state index contributed by atoms with van der Waals surface area (Å²) in [4.78, 5) is 18.2. The summed E-state index contributed by atoms with van der Waals surface area (Å²) >= 11 is 0. The van der Waals surface area contributed by atoms with Crippen LogP contribution in [0.5, 0.6) is 0 Å². The lowest BCUT2D eigenvalue weighted by Crippen LogP contribution is -2.25. The third-order valence-electron chi connectivity index (χ3n) is 3.41. The highest BCUT2D eigenvalue weighted by Gasteiger charge is 2.29. The van der Waals surface area contributed by atoms with E-state index in [1.54, 1.807) is 12.1 Å². The molecule has 0 aromatic heterocycles. The molecule has 23 heavy (non-hydrogen) atoms. The summed E-state index contributed by atoms with van der Waals surface area (Å²) in [6, 6.07) is 5.92. The number of carboxylic acid groups (broad SMARTS) is 2. The van der Waals surface area contributed by atoms with Gasteiger partial charge >= 0.3 is 18.1 Å². The molecule has 1 aliphatic carbocycles. The Kier molecular flexibility index (Phi) is 7.02. The molecule has 0 heterocycles. The summed E-state index contributed by atoms with van der Waals surface area (Å²) in [7, 11) is 0. The third kappa shape index (κ3) is 7.14. The number of benzene rings is 1. The highest BCUT2D eigenvalue weighted by molar-refractivity contribution is 6.27. The first-order valence-electron chi connectivity index (χ1n) is 7.06. The summed E-state index contributed by atoms with van der Waals surface area (Å²) < 4.78 is 37.0. The summed E-state index contributed by atoms with van der Waals surface area (Å²) in [6.07, 6.45) is 0.633. The van der Waals surface area contributed by atoms with E-state index in [9.17, 15) is 13.2 Å². The van der Waals surface area contributed by atoms with Gasteiger partial charge in [-0.15, -0.1) is 0 Å². The molecule has 128 valence electrons. The normalized spacial score (nSPS) is 14.9. The van der Waals surface area contributed by atoms with Gasteiger partial charge in [-0.1, -0.05) is 25.0 Å². The van der Waals surface area contributed by atoms with Crippen LogP contribution in [0.15, 0.2) is 24.3 Å². The van der Waals surface area contributed by atoms with Crippen molar-refractivity contribution in [1.29, 1.82) is 0 Å². The van der Waals surface area contributed by atoms with Crippen LogP contribution in [0.4, 0.5) is 13.2 Å². The first-order chi connectivity index (χ1) is 10.7. The van der Waals surface area contributed by atoms with Crippen LogP contribution in [-0.2, 0) is 22.3 Å². The number of hydrogen-bond donors (Lipinski definition) is 3. The Labute approximate surface area is 131 Å². The number of carbonyl (C=O) groups is 2. The van der Waals surface area contributed by atoms with Gasteiger partial charge in [-0.05, 0) is 30.5 Å². The van der Waals surface area contributed by atoms with Crippen LogP contribution in [0.2, 0.25) is 0 Å². The van der Waals surface area contributed by atoms with Gasteiger partial charge in [0.2, 0.25) is 0 Å². The Balaban J connectivity index is 0.000000379. The maximum atomic E-state index is 12.3. The topological polar surface area (TPSA) is 86.6 Å². The van der Waals surface area contributed by atoms with Crippen molar-refractivity contribution in [2.45, 2.75) is 44.4 Å². The molecule has 0 radical (unpaired) electrons. The van der Waals surface area contributed by atoms with Crippen molar-refractivity contribution in [3.8, 4) is 0 Å². The summed E-state index contributed by atoms with van der Waals surface area (Å²) in [5, 5.41) is 18.2. The Morgan fingerprint density at radius 1 is 1.04 bits per heavy atom. The molecular weight excluding hydrogens is 315 g/mol. The van der Waals surface area contributed by atoms with Gasteiger partial charge in [0, 0.05) is 12.6 Å². The first-order valence-corrected chi connectivity index (χ1v) is 7.06. The maximum Gasteiger partial charge on any atom is 0.416 e. The maximum absolute atomic E-state index is 12.3. The van der Waals surface area contributed by atoms with Crippen LogP contribution in [0.25, 0.3) is 0 Å². The average molecular weight is 333 g/mol. The predicted molar refractivity (Wildman–Crippen MR) is 75.8 cm³/mol. The van der Waals surface area contributed by atoms with Crippen LogP contribution in [-0.4, -0.2) is 28.2 Å². The number of hydrogen-bond acceptors (Lipinski definition) is 3. The fraction of sp³-hybridized carbons (Fsp3) is 0.467. The monoisotopic (exact) mass is 333 g/mol. The minimum atomic E-state index is -4.24. The molecule has 2 rings (SSSR count). The lowest BCUT2D eigenvalue weighted by molar-refractivity contribution is -0.159. The second kappa shape index (κ2) is 8.52. The largest absolute Gasteiger partial charge is 0.473 e. The van der Waals surface area contributed by atoms with E-state index in [2.05, 4.69) is 5.32 Å². The van der Waals surface area contributed by atoms with Gasteiger partial charge in [0.1, 0.15) is 0 Å². The predicted octanol–water partition coefficient (Wildman–Crippen LogP) is 2.89. The number of alkyl halides is 3. The molecule has 1 aromatic carbocycles. The van der Waals surface area contributed by atoms with Gasteiger partial charge < -0.3 is 15.5 Å². The standard InChI is InChI=1S/C13H16F3N.C2H2O4/c14-13(15,16)11-7-5-10(6-8-11)9-17-12-3-1-2-4-12;3-1(4)2(5)6/h5-8,12,17H,1-4,9H2;(H,3,4)(H,5,6). The van der Waals surface area contributed by atoms with E-state index < -0.39 is 23.7 Å². The molecule has 0 amide bonds. The van der Waals surface area contributed by atoms with E-state index in [0.29, 0.717) is 12.6 Å². The molecule has 5 nitrogen and oxygen atoms in total. The molecule has 8 heteroatoms. The van der Waals surface area contributed by atoms with Gasteiger partial charge in [0.15, 0.2) is 0 Å². The number of carboxylic acids is 2. The molecule has 1 aliphatic rings. The van der Waals surface area contributed by atoms with Crippen LogP contribution in [0.1, 0.15) is 36.8 Å². The van der Waals surface area contributed by atoms with Gasteiger partial charge in [0.05, 0.1) is 5.56 Å². The van der Waals surface area contributed by atoms with Crippen molar-refractivity contribution in [3.05, 3.63) is 35.4 Å². The molecule has 1 aromatic rings. The molecule has 0 atom stereocenters. The van der Waals surface area contributed by atoms with Crippen molar-refractivity contribution < 1.29 is 33.0 Å². The first kappa shape index (κ1) is 19.0. The molecule has 0 spiro atoms. The van der Waals surface area contributed by atoms with E-state index >= 15 is 0 Å². The van der Waals surface area contributed by atoms with Crippen molar-refractivity contribution in [1.82, 2.24) is 5.32 Å². The summed E-state index contributed by atoms with van der Waals surface area (Å²) in [5.74, 6) is -3.65. The highest BCUT2D eigenvalue weighted by atomic mass is 19.4. The second-order valence-electron chi connectivity index (χ2n) is 5.17. The van der Waals surface area contributed by atoms with Gasteiger partial charge in [0.25, 0.3) is 0 Å². The SMILES string of the molecule is FC(F)(F)c1ccc(CNC2CCCC2)cc1.O=C(O)C(=O)O. The molecule has 1 saturated carbocycles. The van der Waals surface area contributed by atoms with Crippen LogP contribution >= 0.6 is 0 Å². The smallest absolute Gasteiger partial charge is 0.416 e. The van der Waals surface area contributed by atoms with Crippen LogP contribution < -0.4 is 5.32 Å². The van der Waals surface area contributed by atoms with E-state index in [1.165, 1.54) is 25.7 Å². The van der Waals surface area contributed by atoms with E-state index in [4.69, 9.17) is 19.8 Å². The van der Waals surface area contributed by atoms with E-state index in [1.807, 2.05) is 0 Å². The third-order valence-corrected chi connectivity index (χ3v) is 3.41. The van der Waals surface area contributed by atoms with Crippen molar-refractivity contribution >= 4 is 11.9 Å². The van der Waals surface area contributed by atoms with Gasteiger partial charge in [-0.3, -0.25) is 0 Å². The van der Waals surface area contributed by atoms with Crippen molar-refractivity contribution in [2.75, 3.05) is 0 Å². The number of rotatable bonds is 3. The zero-order valence-electron chi connectivity index (χ0n) is 12.3. The lowest BCUT2D eigenvalue weighted by Gasteiger charge is -2.12. The zero-order chi connectivity index (χ0) is 17.5. The molecule has 0 aliphatic heterocycles. The van der Waals surface area contributed by atoms with Crippen molar-refractivity contribution in [2.24, 2.45) is 0 Å². The highest BCUT2D eigenvalue weighted by Crippen LogP contribution is 2.29. The van der Waals surface area contributed by atoms with Gasteiger partial charge in [-0.25, -0.2) is 9.59 Å². The Bertz CT molecular complexity index is 511. The van der Waals surface area contributed by atoms with E-state index in [-0.39, 0.29) is 0 Å². The molecular formula is C15H18F3NO4. The molecule has 0 bridgehead atoms. The summed E-state index contributed by atoms with van der Waals surface area (Å²) in [5.41, 5.74) is 0.326. The second-order valence-corrected chi connectivity index (χ2v) is 5.17. The molecule has 3 N–H and O–H groups in total. The van der Waals surface area contributed by atoms with Gasteiger partial charge in [-0.2, -0.15) is 13.2 Å². The number of halogens is 3. The number of aliphatic carboxylic acids is 2. The lowest BCUT2D eigenvalue weighted by atomic mass is 10.1.